The summed E-state index contributed by atoms with van der Waals surface area (Å²) >= 11 is 0. The van der Waals surface area contributed by atoms with Crippen LogP contribution in [-0.2, 0) is 25.7 Å². The van der Waals surface area contributed by atoms with Gasteiger partial charge in [0.15, 0.2) is 0 Å². The maximum absolute atomic E-state index is 12.2. The van der Waals surface area contributed by atoms with E-state index in [1.54, 1.807) is 0 Å². The Kier molecular flexibility index (Phi) is 6.66. The van der Waals surface area contributed by atoms with E-state index in [1.165, 1.54) is 7.11 Å². The maximum atomic E-state index is 12.2. The predicted octanol–water partition coefficient (Wildman–Crippen LogP) is 3.27. The van der Waals surface area contributed by atoms with E-state index in [0.717, 1.165) is 16.7 Å². The number of rotatable bonds is 6. The van der Waals surface area contributed by atoms with E-state index in [9.17, 15) is 9.59 Å². The highest BCUT2D eigenvalue weighted by atomic mass is 16.5. The van der Waals surface area contributed by atoms with Crippen LogP contribution in [0.25, 0.3) is 0 Å². The first-order valence-corrected chi connectivity index (χ1v) is 6.87. The Bertz CT molecular complexity index is 513. The lowest BCUT2D eigenvalue weighted by Gasteiger charge is -2.17. The van der Waals surface area contributed by atoms with Crippen LogP contribution < -0.4 is 0 Å². The summed E-state index contributed by atoms with van der Waals surface area (Å²) in [7, 11) is 1.31. The van der Waals surface area contributed by atoms with Gasteiger partial charge >= 0.3 is 11.9 Å². The van der Waals surface area contributed by atoms with Crippen LogP contribution in [0.5, 0.6) is 0 Å². The minimum Gasteiger partial charge on any atom is -0.469 e. The molecule has 0 N–H and O–H groups in total. The van der Waals surface area contributed by atoms with E-state index in [1.807, 2.05) is 51.1 Å². The standard InChI is InChI=1S/C17H22O4/c1-12(2)13(3)15(10-16(18)20-4)17(19)21-11-14-8-6-5-7-9-14/h5-9,15H,10-11H2,1-4H3. The van der Waals surface area contributed by atoms with Crippen molar-refractivity contribution in [2.75, 3.05) is 7.11 Å². The van der Waals surface area contributed by atoms with Gasteiger partial charge in [-0.15, -0.1) is 0 Å². The zero-order chi connectivity index (χ0) is 15.8. The van der Waals surface area contributed by atoms with Crippen LogP contribution in [0.1, 0.15) is 32.8 Å². The van der Waals surface area contributed by atoms with Crippen LogP contribution in [-0.4, -0.2) is 19.0 Å². The SMILES string of the molecule is COC(=O)CC(C(=O)OCc1ccccc1)C(C)=C(C)C. The molecule has 0 aromatic heterocycles. The van der Waals surface area contributed by atoms with Gasteiger partial charge in [-0.25, -0.2) is 0 Å². The molecule has 21 heavy (non-hydrogen) atoms. The molecule has 0 bridgehead atoms. The van der Waals surface area contributed by atoms with Crippen molar-refractivity contribution in [2.45, 2.75) is 33.8 Å². The van der Waals surface area contributed by atoms with Gasteiger partial charge in [-0.1, -0.05) is 41.5 Å². The van der Waals surface area contributed by atoms with Gasteiger partial charge in [0.2, 0.25) is 0 Å². The van der Waals surface area contributed by atoms with E-state index >= 15 is 0 Å². The van der Waals surface area contributed by atoms with Crippen molar-refractivity contribution in [3.63, 3.8) is 0 Å². The zero-order valence-electron chi connectivity index (χ0n) is 13.0. The molecule has 4 heteroatoms. The quantitative estimate of drug-likeness (QED) is 0.596. The summed E-state index contributed by atoms with van der Waals surface area (Å²) in [5.41, 5.74) is 2.76. The molecule has 0 amide bonds. The van der Waals surface area contributed by atoms with Gasteiger partial charge < -0.3 is 9.47 Å². The number of hydrogen-bond acceptors (Lipinski definition) is 4. The number of methoxy groups -OCH3 is 1. The summed E-state index contributed by atoms with van der Waals surface area (Å²) in [6.07, 6.45) is 0.00113. The first-order chi connectivity index (χ1) is 9.95. The molecule has 0 aliphatic rings. The predicted molar refractivity (Wildman–Crippen MR) is 80.4 cm³/mol. The second-order valence-electron chi connectivity index (χ2n) is 5.11. The molecule has 0 radical (unpaired) electrons. The molecule has 0 heterocycles. The van der Waals surface area contributed by atoms with Gasteiger partial charge in [0.25, 0.3) is 0 Å². The molecule has 1 atom stereocenters. The molecule has 1 unspecified atom stereocenters. The highest BCUT2D eigenvalue weighted by Crippen LogP contribution is 2.21. The number of carbonyl (C=O) groups is 2. The average molecular weight is 290 g/mol. The van der Waals surface area contributed by atoms with Crippen molar-refractivity contribution in [2.24, 2.45) is 5.92 Å². The molecule has 0 aliphatic carbocycles. The Labute approximate surface area is 125 Å². The minimum atomic E-state index is -0.592. The van der Waals surface area contributed by atoms with Crippen molar-refractivity contribution in [3.8, 4) is 0 Å². The molecule has 0 fully saturated rings. The van der Waals surface area contributed by atoms with Crippen LogP contribution in [0.15, 0.2) is 41.5 Å². The van der Waals surface area contributed by atoms with E-state index in [-0.39, 0.29) is 13.0 Å². The lowest BCUT2D eigenvalue weighted by molar-refractivity contribution is -0.153. The molecule has 0 saturated heterocycles. The Balaban J connectivity index is 2.76. The maximum Gasteiger partial charge on any atom is 0.313 e. The van der Waals surface area contributed by atoms with Gasteiger partial charge in [-0.2, -0.15) is 0 Å². The zero-order valence-corrected chi connectivity index (χ0v) is 13.0. The molecular weight excluding hydrogens is 268 g/mol. The van der Waals surface area contributed by atoms with Crippen LogP contribution in [0, 0.1) is 5.92 Å². The Morgan fingerprint density at radius 1 is 1.10 bits per heavy atom. The van der Waals surface area contributed by atoms with Crippen molar-refractivity contribution < 1.29 is 19.1 Å². The minimum absolute atomic E-state index is 0.00113. The van der Waals surface area contributed by atoms with Crippen LogP contribution >= 0.6 is 0 Å². The number of carbonyl (C=O) groups excluding carboxylic acids is 2. The first-order valence-electron chi connectivity index (χ1n) is 6.87. The summed E-state index contributed by atoms with van der Waals surface area (Å²) < 4.78 is 9.98. The lowest BCUT2D eigenvalue weighted by atomic mass is 9.93. The fourth-order valence-electron chi connectivity index (χ4n) is 1.84. The fourth-order valence-corrected chi connectivity index (χ4v) is 1.84. The third kappa shape index (κ3) is 5.42. The van der Waals surface area contributed by atoms with Gasteiger partial charge in [0.1, 0.15) is 6.61 Å². The number of hydrogen-bond donors (Lipinski definition) is 0. The topological polar surface area (TPSA) is 52.6 Å². The summed E-state index contributed by atoms with van der Waals surface area (Å²) in [4.78, 5) is 23.7. The second-order valence-corrected chi connectivity index (χ2v) is 5.11. The summed E-state index contributed by atoms with van der Waals surface area (Å²) in [6, 6.07) is 9.44. The van der Waals surface area contributed by atoms with Gasteiger partial charge in [-0.05, 0) is 26.3 Å². The molecule has 0 saturated carbocycles. The van der Waals surface area contributed by atoms with E-state index in [2.05, 4.69) is 4.74 Å². The Morgan fingerprint density at radius 2 is 1.71 bits per heavy atom. The monoisotopic (exact) mass is 290 g/mol. The molecular formula is C17H22O4. The van der Waals surface area contributed by atoms with E-state index < -0.39 is 17.9 Å². The Hall–Kier alpha value is -2.10. The number of ether oxygens (including phenoxy) is 2. The Morgan fingerprint density at radius 3 is 2.24 bits per heavy atom. The van der Waals surface area contributed by atoms with Gasteiger partial charge in [0, 0.05) is 0 Å². The molecule has 1 aromatic carbocycles. The number of esters is 2. The summed E-state index contributed by atoms with van der Waals surface area (Å²) in [5.74, 6) is -1.41. The molecule has 1 rings (SSSR count). The normalized spacial score (nSPS) is 11.4. The van der Waals surface area contributed by atoms with Crippen LogP contribution in [0.2, 0.25) is 0 Å². The highest BCUT2D eigenvalue weighted by molar-refractivity contribution is 5.82. The number of allylic oxidation sites excluding steroid dienone is 1. The molecule has 0 aliphatic heterocycles. The van der Waals surface area contributed by atoms with E-state index in [0.29, 0.717) is 0 Å². The molecule has 114 valence electrons. The van der Waals surface area contributed by atoms with Gasteiger partial charge in [0.05, 0.1) is 19.4 Å². The van der Waals surface area contributed by atoms with Crippen molar-refractivity contribution in [1.82, 2.24) is 0 Å². The average Bonchev–Trinajstić information content (AvgIpc) is 2.50. The van der Waals surface area contributed by atoms with Gasteiger partial charge in [-0.3, -0.25) is 9.59 Å². The van der Waals surface area contributed by atoms with Crippen LogP contribution in [0.4, 0.5) is 0 Å². The first kappa shape index (κ1) is 17.0. The smallest absolute Gasteiger partial charge is 0.313 e. The summed E-state index contributed by atoms with van der Waals surface area (Å²) in [5, 5.41) is 0. The second kappa shape index (κ2) is 8.25. The van der Waals surface area contributed by atoms with E-state index in [4.69, 9.17) is 4.74 Å². The fraction of sp³-hybridized carbons (Fsp3) is 0.412. The third-order valence-corrected chi connectivity index (χ3v) is 3.42. The van der Waals surface area contributed by atoms with Crippen molar-refractivity contribution in [3.05, 3.63) is 47.0 Å². The van der Waals surface area contributed by atoms with Crippen molar-refractivity contribution >= 4 is 11.9 Å². The lowest BCUT2D eigenvalue weighted by Crippen LogP contribution is -2.23. The molecule has 1 aromatic rings. The largest absolute Gasteiger partial charge is 0.469 e. The molecule has 4 nitrogen and oxygen atoms in total. The summed E-state index contributed by atoms with van der Waals surface area (Å²) in [6.45, 7) is 5.86. The van der Waals surface area contributed by atoms with Crippen molar-refractivity contribution in [1.29, 1.82) is 0 Å². The number of benzene rings is 1. The highest BCUT2D eigenvalue weighted by Gasteiger charge is 2.26. The van der Waals surface area contributed by atoms with Crippen LogP contribution in [0.3, 0.4) is 0 Å². The third-order valence-electron chi connectivity index (χ3n) is 3.42. The molecule has 0 spiro atoms.